The summed E-state index contributed by atoms with van der Waals surface area (Å²) in [7, 11) is -2.88. The van der Waals surface area contributed by atoms with Gasteiger partial charge in [-0.25, -0.2) is 8.42 Å². The molecule has 0 amide bonds. The predicted octanol–water partition coefficient (Wildman–Crippen LogP) is -0.441. The molecule has 1 unspecified atom stereocenters. The van der Waals surface area contributed by atoms with E-state index in [-0.39, 0.29) is 5.25 Å². The van der Waals surface area contributed by atoms with Crippen LogP contribution in [0.5, 0.6) is 0 Å². The molecule has 0 saturated carbocycles. The summed E-state index contributed by atoms with van der Waals surface area (Å²) in [5.74, 6) is 0. The van der Waals surface area contributed by atoms with Crippen molar-refractivity contribution in [3.63, 3.8) is 0 Å². The average molecular weight is 161 g/mol. The second kappa shape index (κ2) is 2.72. The van der Waals surface area contributed by atoms with Crippen LogP contribution in [0.15, 0.2) is 12.2 Å². The van der Waals surface area contributed by atoms with Crippen molar-refractivity contribution in [1.29, 1.82) is 0 Å². The van der Waals surface area contributed by atoms with Crippen LogP contribution in [0, 0.1) is 0 Å². The highest BCUT2D eigenvalue weighted by Crippen LogP contribution is 2.02. The second-order valence-corrected chi connectivity index (χ2v) is 4.72. The smallest absolute Gasteiger partial charge is 0.155 e. The highest BCUT2D eigenvalue weighted by molar-refractivity contribution is 7.91. The van der Waals surface area contributed by atoms with Gasteiger partial charge in [0.2, 0.25) is 0 Å². The van der Waals surface area contributed by atoms with Crippen molar-refractivity contribution in [3.8, 4) is 0 Å². The van der Waals surface area contributed by atoms with Crippen molar-refractivity contribution in [2.75, 3.05) is 19.3 Å². The Morgan fingerprint density at radius 2 is 2.30 bits per heavy atom. The van der Waals surface area contributed by atoms with Gasteiger partial charge in [-0.2, -0.15) is 0 Å². The summed E-state index contributed by atoms with van der Waals surface area (Å²) in [5.41, 5.74) is 0. The standard InChI is InChI=1S/C6H11NO2S/c1-10(8,9)6-3-2-4-7-5-6/h2-3,6-7H,4-5H2,1H3. The highest BCUT2D eigenvalue weighted by atomic mass is 32.2. The van der Waals surface area contributed by atoms with Gasteiger partial charge in [0, 0.05) is 19.3 Å². The molecule has 0 bridgehead atoms. The van der Waals surface area contributed by atoms with Crippen LogP contribution in [-0.2, 0) is 9.84 Å². The quantitative estimate of drug-likeness (QED) is 0.530. The summed E-state index contributed by atoms with van der Waals surface area (Å²) >= 11 is 0. The van der Waals surface area contributed by atoms with Gasteiger partial charge < -0.3 is 5.32 Å². The molecule has 58 valence electrons. The lowest BCUT2D eigenvalue weighted by Gasteiger charge is -2.14. The van der Waals surface area contributed by atoms with E-state index in [2.05, 4.69) is 5.32 Å². The molecule has 1 N–H and O–H groups in total. The molecule has 0 aromatic heterocycles. The van der Waals surface area contributed by atoms with Crippen LogP contribution in [0.4, 0.5) is 0 Å². The van der Waals surface area contributed by atoms with E-state index in [1.165, 1.54) is 6.26 Å². The molecular weight excluding hydrogens is 150 g/mol. The van der Waals surface area contributed by atoms with Crippen molar-refractivity contribution < 1.29 is 8.42 Å². The van der Waals surface area contributed by atoms with E-state index >= 15 is 0 Å². The Morgan fingerprint density at radius 3 is 2.60 bits per heavy atom. The third-order valence-electron chi connectivity index (χ3n) is 1.51. The fourth-order valence-corrected chi connectivity index (χ4v) is 1.71. The summed E-state index contributed by atoms with van der Waals surface area (Å²) in [5, 5.41) is 2.66. The molecule has 3 nitrogen and oxygen atoms in total. The van der Waals surface area contributed by atoms with E-state index in [4.69, 9.17) is 0 Å². The minimum Gasteiger partial charge on any atom is -0.312 e. The van der Waals surface area contributed by atoms with Crippen molar-refractivity contribution in [2.24, 2.45) is 0 Å². The van der Waals surface area contributed by atoms with Crippen molar-refractivity contribution in [3.05, 3.63) is 12.2 Å². The van der Waals surface area contributed by atoms with Crippen LogP contribution in [0.1, 0.15) is 0 Å². The van der Waals surface area contributed by atoms with Gasteiger partial charge in [0.05, 0.1) is 5.25 Å². The molecule has 1 heterocycles. The maximum absolute atomic E-state index is 10.9. The van der Waals surface area contributed by atoms with Crippen LogP contribution in [0.25, 0.3) is 0 Å². The van der Waals surface area contributed by atoms with Crippen LogP contribution in [-0.4, -0.2) is 33.0 Å². The fourth-order valence-electron chi connectivity index (χ4n) is 0.891. The minimum atomic E-state index is -2.88. The first-order valence-electron chi connectivity index (χ1n) is 3.17. The zero-order valence-electron chi connectivity index (χ0n) is 5.87. The number of hydrogen-bond acceptors (Lipinski definition) is 3. The van der Waals surface area contributed by atoms with Gasteiger partial charge in [0.15, 0.2) is 9.84 Å². The van der Waals surface area contributed by atoms with E-state index in [9.17, 15) is 8.42 Å². The SMILES string of the molecule is CS(=O)(=O)C1C=CCNC1. The van der Waals surface area contributed by atoms with Crippen LogP contribution in [0.3, 0.4) is 0 Å². The maximum atomic E-state index is 10.9. The Bertz CT molecular complexity index is 230. The molecule has 0 fully saturated rings. The Morgan fingerprint density at radius 1 is 1.60 bits per heavy atom. The lowest BCUT2D eigenvalue weighted by molar-refractivity contribution is 0.585. The van der Waals surface area contributed by atoms with Gasteiger partial charge in [0.1, 0.15) is 0 Å². The monoisotopic (exact) mass is 161 g/mol. The molecule has 4 heteroatoms. The molecule has 0 aromatic carbocycles. The van der Waals surface area contributed by atoms with E-state index in [1.807, 2.05) is 6.08 Å². The summed E-state index contributed by atoms with van der Waals surface area (Å²) < 4.78 is 21.8. The molecule has 0 aliphatic carbocycles. The van der Waals surface area contributed by atoms with Crippen molar-refractivity contribution in [1.82, 2.24) is 5.32 Å². The summed E-state index contributed by atoms with van der Waals surface area (Å²) in [6.07, 6.45) is 4.84. The van der Waals surface area contributed by atoms with E-state index < -0.39 is 9.84 Å². The van der Waals surface area contributed by atoms with Gasteiger partial charge >= 0.3 is 0 Å². The molecule has 1 atom stereocenters. The van der Waals surface area contributed by atoms with Crippen LogP contribution < -0.4 is 5.32 Å². The zero-order chi connectivity index (χ0) is 7.61. The molecular formula is C6H11NO2S. The number of nitrogens with one attached hydrogen (secondary N) is 1. The molecule has 1 rings (SSSR count). The van der Waals surface area contributed by atoms with E-state index in [0.29, 0.717) is 6.54 Å². The van der Waals surface area contributed by atoms with Gasteiger partial charge in [-0.1, -0.05) is 12.2 Å². The van der Waals surface area contributed by atoms with Gasteiger partial charge in [-0.3, -0.25) is 0 Å². The van der Waals surface area contributed by atoms with E-state index in [1.54, 1.807) is 6.08 Å². The Kier molecular flexibility index (Phi) is 2.11. The molecule has 0 spiro atoms. The lowest BCUT2D eigenvalue weighted by Crippen LogP contribution is -2.34. The summed E-state index contributed by atoms with van der Waals surface area (Å²) in [6, 6.07) is 0. The third-order valence-corrected chi connectivity index (χ3v) is 2.93. The van der Waals surface area contributed by atoms with Crippen molar-refractivity contribution >= 4 is 9.84 Å². The summed E-state index contributed by atoms with van der Waals surface area (Å²) in [6.45, 7) is 1.33. The predicted molar refractivity (Wildman–Crippen MR) is 40.6 cm³/mol. The van der Waals surface area contributed by atoms with Crippen LogP contribution >= 0.6 is 0 Å². The van der Waals surface area contributed by atoms with Crippen LogP contribution in [0.2, 0.25) is 0 Å². The number of hydrogen-bond donors (Lipinski definition) is 1. The summed E-state index contributed by atoms with van der Waals surface area (Å²) in [4.78, 5) is 0. The molecule has 0 aromatic rings. The zero-order valence-corrected chi connectivity index (χ0v) is 6.69. The lowest BCUT2D eigenvalue weighted by atomic mass is 10.3. The number of rotatable bonds is 1. The molecule has 0 saturated heterocycles. The Balaban J connectivity index is 2.74. The largest absolute Gasteiger partial charge is 0.312 e. The highest BCUT2D eigenvalue weighted by Gasteiger charge is 2.18. The molecule has 10 heavy (non-hydrogen) atoms. The topological polar surface area (TPSA) is 46.2 Å². The first kappa shape index (κ1) is 7.75. The molecule has 1 aliphatic rings. The first-order valence-corrected chi connectivity index (χ1v) is 5.12. The van der Waals surface area contributed by atoms with E-state index in [0.717, 1.165) is 6.54 Å². The molecule has 1 aliphatic heterocycles. The average Bonchev–Trinajstić information content (AvgIpc) is 1.88. The van der Waals surface area contributed by atoms with Crippen molar-refractivity contribution in [2.45, 2.75) is 5.25 Å². The number of sulfone groups is 1. The van der Waals surface area contributed by atoms with Gasteiger partial charge in [0.25, 0.3) is 0 Å². The fraction of sp³-hybridized carbons (Fsp3) is 0.667. The first-order chi connectivity index (χ1) is 4.61. The normalized spacial score (nSPS) is 26.7. The maximum Gasteiger partial charge on any atom is 0.155 e. The Hall–Kier alpha value is -0.350. The van der Waals surface area contributed by atoms with Gasteiger partial charge in [-0.15, -0.1) is 0 Å². The second-order valence-electron chi connectivity index (χ2n) is 2.45. The third kappa shape index (κ3) is 1.82. The molecule has 0 radical (unpaired) electrons. The Labute approximate surface area is 61.0 Å². The minimum absolute atomic E-state index is 0.318. The van der Waals surface area contributed by atoms with Gasteiger partial charge in [-0.05, 0) is 0 Å².